The molecular weight excluding hydrogens is 276 g/mol. The lowest BCUT2D eigenvalue weighted by molar-refractivity contribution is -0.116. The van der Waals surface area contributed by atoms with E-state index in [-0.39, 0.29) is 11.9 Å². The molecule has 0 bridgehead atoms. The number of anilines is 2. The second-order valence-corrected chi connectivity index (χ2v) is 5.69. The van der Waals surface area contributed by atoms with Gasteiger partial charge in [0.05, 0.1) is 11.4 Å². The molecular formula is C17H24N4O. The highest BCUT2D eigenvalue weighted by atomic mass is 16.2. The SMILES string of the molecule is CCc1nn(C)cc1N[C@H](C)C(=O)Nc1cc(C)ccc1C. The summed E-state index contributed by atoms with van der Waals surface area (Å²) in [7, 11) is 1.88. The first-order valence-electron chi connectivity index (χ1n) is 7.58. The summed E-state index contributed by atoms with van der Waals surface area (Å²) < 4.78 is 1.76. The summed E-state index contributed by atoms with van der Waals surface area (Å²) in [4.78, 5) is 12.4. The topological polar surface area (TPSA) is 59.0 Å². The fourth-order valence-electron chi connectivity index (χ4n) is 2.33. The Balaban J connectivity index is 2.07. The van der Waals surface area contributed by atoms with E-state index in [0.717, 1.165) is 34.6 Å². The molecule has 22 heavy (non-hydrogen) atoms. The lowest BCUT2D eigenvalue weighted by atomic mass is 10.1. The number of hydrogen-bond acceptors (Lipinski definition) is 3. The van der Waals surface area contributed by atoms with Crippen LogP contribution in [0, 0.1) is 13.8 Å². The van der Waals surface area contributed by atoms with Crippen molar-refractivity contribution >= 4 is 17.3 Å². The van der Waals surface area contributed by atoms with Crippen molar-refractivity contribution in [2.24, 2.45) is 7.05 Å². The van der Waals surface area contributed by atoms with Crippen LogP contribution in [0.25, 0.3) is 0 Å². The molecule has 0 radical (unpaired) electrons. The molecule has 1 aromatic heterocycles. The molecule has 1 aromatic carbocycles. The summed E-state index contributed by atoms with van der Waals surface area (Å²) in [6.45, 7) is 7.91. The van der Waals surface area contributed by atoms with Crippen molar-refractivity contribution < 1.29 is 4.79 Å². The van der Waals surface area contributed by atoms with Crippen LogP contribution in [0.5, 0.6) is 0 Å². The Hall–Kier alpha value is -2.30. The van der Waals surface area contributed by atoms with E-state index in [2.05, 4.69) is 15.7 Å². The summed E-state index contributed by atoms with van der Waals surface area (Å²) >= 11 is 0. The van der Waals surface area contributed by atoms with Crippen molar-refractivity contribution in [1.82, 2.24) is 9.78 Å². The van der Waals surface area contributed by atoms with E-state index in [4.69, 9.17) is 0 Å². The van der Waals surface area contributed by atoms with Crippen LogP contribution in [-0.2, 0) is 18.3 Å². The van der Waals surface area contributed by atoms with Gasteiger partial charge < -0.3 is 10.6 Å². The van der Waals surface area contributed by atoms with Crippen molar-refractivity contribution in [3.05, 3.63) is 41.2 Å². The van der Waals surface area contributed by atoms with Crippen molar-refractivity contribution in [2.45, 2.75) is 40.2 Å². The lowest BCUT2D eigenvalue weighted by Gasteiger charge is -2.16. The monoisotopic (exact) mass is 300 g/mol. The Morgan fingerprint density at radius 2 is 2.05 bits per heavy atom. The Bertz CT molecular complexity index is 675. The Morgan fingerprint density at radius 3 is 2.73 bits per heavy atom. The number of nitrogens with one attached hydrogen (secondary N) is 2. The third-order valence-electron chi connectivity index (χ3n) is 3.66. The zero-order chi connectivity index (χ0) is 16.3. The first-order valence-corrected chi connectivity index (χ1v) is 7.58. The standard InChI is InChI=1S/C17H24N4O/c1-6-14-16(10-21(5)20-14)18-13(4)17(22)19-15-9-11(2)7-8-12(15)3/h7-10,13,18H,6H2,1-5H3,(H,19,22)/t13-/m1/s1. The van der Waals surface area contributed by atoms with E-state index in [1.807, 2.05) is 59.1 Å². The van der Waals surface area contributed by atoms with Crippen LogP contribution in [0.3, 0.4) is 0 Å². The van der Waals surface area contributed by atoms with Crippen LogP contribution in [0.2, 0.25) is 0 Å². The number of aromatic nitrogens is 2. The van der Waals surface area contributed by atoms with Crippen LogP contribution >= 0.6 is 0 Å². The molecule has 2 N–H and O–H groups in total. The number of carbonyl (C=O) groups excluding carboxylic acids is 1. The molecule has 5 heteroatoms. The van der Waals surface area contributed by atoms with E-state index in [9.17, 15) is 4.79 Å². The van der Waals surface area contributed by atoms with Crippen LogP contribution in [0.4, 0.5) is 11.4 Å². The first kappa shape index (κ1) is 16.1. The fourth-order valence-corrected chi connectivity index (χ4v) is 2.33. The average Bonchev–Trinajstić information content (AvgIpc) is 2.82. The normalized spacial score (nSPS) is 12.0. The lowest BCUT2D eigenvalue weighted by Crippen LogP contribution is -2.32. The van der Waals surface area contributed by atoms with E-state index in [0.29, 0.717) is 0 Å². The largest absolute Gasteiger partial charge is 0.371 e. The van der Waals surface area contributed by atoms with Gasteiger partial charge in [0.25, 0.3) is 0 Å². The molecule has 0 fully saturated rings. The number of carbonyl (C=O) groups is 1. The van der Waals surface area contributed by atoms with Gasteiger partial charge in [-0.15, -0.1) is 0 Å². The second kappa shape index (κ2) is 6.64. The Kier molecular flexibility index (Phi) is 4.85. The molecule has 0 aliphatic rings. The molecule has 0 aliphatic heterocycles. The molecule has 118 valence electrons. The number of nitrogens with zero attached hydrogens (tertiary/aromatic N) is 2. The van der Waals surface area contributed by atoms with Crippen LogP contribution in [-0.4, -0.2) is 21.7 Å². The van der Waals surface area contributed by atoms with Gasteiger partial charge in [-0.05, 0) is 44.4 Å². The number of amides is 1. The quantitative estimate of drug-likeness (QED) is 0.892. The van der Waals surface area contributed by atoms with Crippen LogP contribution in [0.1, 0.15) is 30.7 Å². The predicted octanol–water partition coefficient (Wildman–Crippen LogP) is 3.04. The highest BCUT2D eigenvalue weighted by Crippen LogP contribution is 2.18. The average molecular weight is 300 g/mol. The van der Waals surface area contributed by atoms with Gasteiger partial charge in [0.15, 0.2) is 0 Å². The van der Waals surface area contributed by atoms with Crippen molar-refractivity contribution in [3.8, 4) is 0 Å². The van der Waals surface area contributed by atoms with Gasteiger partial charge in [-0.25, -0.2) is 0 Å². The van der Waals surface area contributed by atoms with Gasteiger partial charge in [0, 0.05) is 18.9 Å². The summed E-state index contributed by atoms with van der Waals surface area (Å²) in [6.07, 6.45) is 2.73. The fraction of sp³-hybridized carbons (Fsp3) is 0.412. The number of benzene rings is 1. The Labute approximate surface area is 131 Å². The molecule has 1 heterocycles. The third-order valence-corrected chi connectivity index (χ3v) is 3.66. The molecule has 0 aliphatic carbocycles. The van der Waals surface area contributed by atoms with Crippen LogP contribution in [0.15, 0.2) is 24.4 Å². The van der Waals surface area contributed by atoms with Gasteiger partial charge in [0.2, 0.25) is 5.91 Å². The smallest absolute Gasteiger partial charge is 0.246 e. The molecule has 0 saturated carbocycles. The molecule has 2 aromatic rings. The zero-order valence-corrected chi connectivity index (χ0v) is 13.9. The molecule has 0 unspecified atom stereocenters. The van der Waals surface area contributed by atoms with Crippen LogP contribution < -0.4 is 10.6 Å². The minimum Gasteiger partial charge on any atom is -0.371 e. The zero-order valence-electron chi connectivity index (χ0n) is 13.9. The highest BCUT2D eigenvalue weighted by molar-refractivity contribution is 5.96. The molecule has 0 spiro atoms. The van der Waals surface area contributed by atoms with Crippen molar-refractivity contribution in [1.29, 1.82) is 0 Å². The van der Waals surface area contributed by atoms with E-state index >= 15 is 0 Å². The summed E-state index contributed by atoms with van der Waals surface area (Å²) in [5, 5.41) is 10.6. The molecule has 1 atom stereocenters. The number of rotatable bonds is 5. The summed E-state index contributed by atoms with van der Waals surface area (Å²) in [5.41, 5.74) is 4.92. The van der Waals surface area contributed by atoms with E-state index in [1.165, 1.54) is 0 Å². The molecule has 0 saturated heterocycles. The summed E-state index contributed by atoms with van der Waals surface area (Å²) in [6, 6.07) is 5.70. The second-order valence-electron chi connectivity index (χ2n) is 5.69. The van der Waals surface area contributed by atoms with Gasteiger partial charge in [-0.1, -0.05) is 19.1 Å². The maximum atomic E-state index is 12.4. The summed E-state index contributed by atoms with van der Waals surface area (Å²) in [5.74, 6) is -0.0559. The third kappa shape index (κ3) is 3.67. The van der Waals surface area contributed by atoms with Gasteiger partial charge >= 0.3 is 0 Å². The number of hydrogen-bond donors (Lipinski definition) is 2. The van der Waals surface area contributed by atoms with E-state index in [1.54, 1.807) is 4.68 Å². The van der Waals surface area contributed by atoms with Crippen molar-refractivity contribution in [2.75, 3.05) is 10.6 Å². The Morgan fingerprint density at radius 1 is 1.32 bits per heavy atom. The maximum absolute atomic E-state index is 12.4. The number of aryl methyl sites for hydroxylation is 4. The minimum absolute atomic E-state index is 0.0559. The van der Waals surface area contributed by atoms with E-state index < -0.39 is 0 Å². The molecule has 5 nitrogen and oxygen atoms in total. The first-order chi connectivity index (χ1) is 10.4. The van der Waals surface area contributed by atoms with Gasteiger partial charge in [0.1, 0.15) is 6.04 Å². The van der Waals surface area contributed by atoms with Crippen molar-refractivity contribution in [3.63, 3.8) is 0 Å². The predicted molar refractivity (Wildman–Crippen MR) is 90.2 cm³/mol. The minimum atomic E-state index is -0.339. The highest BCUT2D eigenvalue weighted by Gasteiger charge is 2.16. The van der Waals surface area contributed by atoms with Gasteiger partial charge in [-0.2, -0.15) is 5.10 Å². The molecule has 1 amide bonds. The molecule has 2 rings (SSSR count). The van der Waals surface area contributed by atoms with Gasteiger partial charge in [-0.3, -0.25) is 9.48 Å². The maximum Gasteiger partial charge on any atom is 0.246 e.